The van der Waals surface area contributed by atoms with Crippen molar-refractivity contribution in [3.8, 4) is 34.2 Å². The average molecular weight is 601 g/mol. The van der Waals surface area contributed by atoms with Crippen LogP contribution in [0.2, 0.25) is 0 Å². The highest BCUT2D eigenvalue weighted by molar-refractivity contribution is 6.17. The van der Waals surface area contributed by atoms with Gasteiger partial charge in [0.1, 0.15) is 11.1 Å². The van der Waals surface area contributed by atoms with E-state index in [2.05, 4.69) is 103 Å². The Hall–Kier alpha value is -6.46. The molecule has 0 unspecified atom stereocenters. The fraction of sp³-hybridized carbons (Fsp3) is 0. The number of nitrogens with zero attached hydrogens (tertiary/aromatic N) is 4. The fourth-order valence-corrected chi connectivity index (χ4v) is 6.78. The number of hydrogen-bond acceptors (Lipinski definition) is 5. The van der Waals surface area contributed by atoms with Crippen LogP contribution < -0.4 is 0 Å². The van der Waals surface area contributed by atoms with E-state index in [-0.39, 0.29) is 0 Å². The molecule has 0 aliphatic carbocycles. The molecule has 3 aromatic heterocycles. The quantitative estimate of drug-likeness (QED) is 0.189. The number of benzene rings is 7. The van der Waals surface area contributed by atoms with Crippen molar-refractivity contribution < 1.29 is 4.42 Å². The first kappa shape index (κ1) is 25.8. The van der Waals surface area contributed by atoms with E-state index < -0.39 is 0 Å². The monoisotopic (exact) mass is 600 g/mol. The van der Waals surface area contributed by atoms with Crippen molar-refractivity contribution in [2.75, 3.05) is 0 Å². The van der Waals surface area contributed by atoms with Crippen LogP contribution in [0.1, 0.15) is 0 Å². The van der Waals surface area contributed by atoms with Crippen LogP contribution in [0, 0.1) is 0 Å². The lowest BCUT2D eigenvalue weighted by atomic mass is 10.00. The molecule has 0 bridgehead atoms. The van der Waals surface area contributed by atoms with E-state index >= 15 is 0 Å². The summed E-state index contributed by atoms with van der Waals surface area (Å²) in [5, 5.41) is 10.4. The van der Waals surface area contributed by atoms with Gasteiger partial charge in [0.25, 0.3) is 0 Å². The summed E-state index contributed by atoms with van der Waals surface area (Å²) in [6.45, 7) is 0. The van der Waals surface area contributed by atoms with Gasteiger partial charge in [0, 0.05) is 22.9 Å². The maximum Gasteiger partial charge on any atom is 0.165 e. The number of furan rings is 1. The molecule has 47 heavy (non-hydrogen) atoms. The van der Waals surface area contributed by atoms with Crippen molar-refractivity contribution in [2.45, 2.75) is 0 Å². The van der Waals surface area contributed by atoms with Crippen LogP contribution in [0.15, 0.2) is 150 Å². The fourth-order valence-electron chi connectivity index (χ4n) is 6.78. The van der Waals surface area contributed by atoms with E-state index in [0.717, 1.165) is 54.7 Å². The van der Waals surface area contributed by atoms with Gasteiger partial charge in [-0.3, -0.25) is 4.98 Å². The summed E-state index contributed by atoms with van der Waals surface area (Å²) in [4.78, 5) is 20.0. The molecule has 10 aromatic rings. The summed E-state index contributed by atoms with van der Waals surface area (Å²) in [6.07, 6.45) is 1.84. The number of rotatable bonds is 3. The van der Waals surface area contributed by atoms with Crippen molar-refractivity contribution in [2.24, 2.45) is 0 Å². The maximum atomic E-state index is 6.35. The minimum atomic E-state index is 0.538. The van der Waals surface area contributed by atoms with Gasteiger partial charge in [0.2, 0.25) is 0 Å². The molecule has 3 heterocycles. The van der Waals surface area contributed by atoms with Crippen molar-refractivity contribution in [3.63, 3.8) is 0 Å². The smallest absolute Gasteiger partial charge is 0.165 e. The Bertz CT molecular complexity index is 2870. The molecule has 5 heteroatoms. The zero-order chi connectivity index (χ0) is 30.9. The first-order chi connectivity index (χ1) is 23.2. The Morgan fingerprint density at radius 2 is 0.936 bits per heavy atom. The molecule has 0 N–H and O–H groups in total. The molecule has 0 saturated heterocycles. The highest BCUT2D eigenvalue weighted by Gasteiger charge is 2.17. The predicted octanol–water partition coefficient (Wildman–Crippen LogP) is 10.8. The molecule has 0 aliphatic rings. The minimum Gasteiger partial charge on any atom is -0.454 e. The minimum absolute atomic E-state index is 0.538. The van der Waals surface area contributed by atoms with E-state index in [9.17, 15) is 0 Å². The Kier molecular flexibility index (Phi) is 5.51. The van der Waals surface area contributed by atoms with Gasteiger partial charge in [0.05, 0.1) is 5.39 Å². The number of aromatic nitrogens is 4. The molecular formula is C42H24N4O. The van der Waals surface area contributed by atoms with E-state index in [1.165, 1.54) is 21.5 Å². The van der Waals surface area contributed by atoms with Gasteiger partial charge in [0.15, 0.2) is 23.1 Å². The van der Waals surface area contributed by atoms with Gasteiger partial charge < -0.3 is 4.42 Å². The van der Waals surface area contributed by atoms with Crippen molar-refractivity contribution >= 4 is 65.2 Å². The lowest BCUT2D eigenvalue weighted by Crippen LogP contribution is -2.00. The summed E-state index contributed by atoms with van der Waals surface area (Å²) < 4.78 is 6.35. The molecule has 0 aliphatic heterocycles. The van der Waals surface area contributed by atoms with Crippen LogP contribution in [0.3, 0.4) is 0 Å². The Morgan fingerprint density at radius 1 is 0.383 bits per heavy atom. The average Bonchev–Trinajstić information content (AvgIpc) is 3.53. The second kappa shape index (κ2) is 10.0. The lowest BCUT2D eigenvalue weighted by Gasteiger charge is -2.10. The molecule has 218 valence electrons. The lowest BCUT2D eigenvalue weighted by molar-refractivity contribution is 0.668. The molecule has 10 rings (SSSR count). The topological polar surface area (TPSA) is 64.7 Å². The van der Waals surface area contributed by atoms with Crippen molar-refractivity contribution in [3.05, 3.63) is 146 Å². The first-order valence-electron chi connectivity index (χ1n) is 15.6. The van der Waals surface area contributed by atoms with Crippen LogP contribution in [0.5, 0.6) is 0 Å². The Labute approximate surface area is 268 Å². The van der Waals surface area contributed by atoms with E-state index in [0.29, 0.717) is 23.1 Å². The van der Waals surface area contributed by atoms with E-state index in [4.69, 9.17) is 24.4 Å². The SMILES string of the molecule is c1ccc2cc(-c3nc(-c4ccc5c(ccc6ccccc65)c4)nc(-c4cnc5c(c4)oc4ccc6ccccc6c45)n3)ccc2c1. The standard InChI is InChI=1S/C42H24N4O/c1-2-10-28-21-30(16-13-25(28)7-1)40-44-41(31-17-19-34-29(22-31)15-14-26-8-3-5-11-33(26)34)46-42(45-40)32-23-37-39(43-24-32)38-35-12-6-4-9-27(35)18-20-36(38)47-37/h1-24H. The van der Waals surface area contributed by atoms with E-state index in [1.807, 2.05) is 42.6 Å². The molecule has 0 radical (unpaired) electrons. The molecule has 7 aromatic carbocycles. The molecule has 5 nitrogen and oxygen atoms in total. The van der Waals surface area contributed by atoms with E-state index in [1.54, 1.807) is 0 Å². The third-order valence-electron chi connectivity index (χ3n) is 9.10. The van der Waals surface area contributed by atoms with Crippen LogP contribution in [0.4, 0.5) is 0 Å². The second-order valence-electron chi connectivity index (χ2n) is 11.9. The number of hydrogen-bond donors (Lipinski definition) is 0. The normalized spacial score (nSPS) is 11.8. The van der Waals surface area contributed by atoms with Crippen LogP contribution in [0.25, 0.3) is 99.3 Å². The molecule has 0 amide bonds. The molecule has 0 spiro atoms. The zero-order valence-electron chi connectivity index (χ0n) is 25.1. The van der Waals surface area contributed by atoms with Gasteiger partial charge in [-0.25, -0.2) is 15.0 Å². The molecule has 0 fully saturated rings. The summed E-state index contributed by atoms with van der Waals surface area (Å²) in [7, 11) is 0. The predicted molar refractivity (Wildman–Crippen MR) is 191 cm³/mol. The maximum absolute atomic E-state index is 6.35. The Morgan fingerprint density at radius 3 is 1.74 bits per heavy atom. The summed E-state index contributed by atoms with van der Waals surface area (Å²) in [5.41, 5.74) is 4.93. The van der Waals surface area contributed by atoms with Crippen molar-refractivity contribution in [1.29, 1.82) is 0 Å². The third-order valence-corrected chi connectivity index (χ3v) is 9.10. The highest BCUT2D eigenvalue weighted by Crippen LogP contribution is 2.36. The zero-order valence-corrected chi connectivity index (χ0v) is 25.1. The highest BCUT2D eigenvalue weighted by atomic mass is 16.3. The molecule has 0 atom stereocenters. The summed E-state index contributed by atoms with van der Waals surface area (Å²) >= 11 is 0. The van der Waals surface area contributed by atoms with Gasteiger partial charge in [-0.1, -0.05) is 115 Å². The first-order valence-corrected chi connectivity index (χ1v) is 15.6. The van der Waals surface area contributed by atoms with Crippen LogP contribution in [-0.2, 0) is 0 Å². The molecule has 0 saturated carbocycles. The van der Waals surface area contributed by atoms with Gasteiger partial charge >= 0.3 is 0 Å². The van der Waals surface area contributed by atoms with Gasteiger partial charge in [-0.15, -0.1) is 0 Å². The summed E-state index contributed by atoms with van der Waals surface area (Å²) in [5.74, 6) is 1.74. The second-order valence-corrected chi connectivity index (χ2v) is 11.9. The third kappa shape index (κ3) is 4.17. The summed E-state index contributed by atoms with van der Waals surface area (Å²) in [6, 6.07) is 48.3. The Balaban J connectivity index is 1.18. The number of pyridine rings is 1. The largest absolute Gasteiger partial charge is 0.454 e. The van der Waals surface area contributed by atoms with Gasteiger partial charge in [-0.05, 0) is 67.4 Å². The van der Waals surface area contributed by atoms with Crippen LogP contribution >= 0.6 is 0 Å². The van der Waals surface area contributed by atoms with Gasteiger partial charge in [-0.2, -0.15) is 0 Å². The van der Waals surface area contributed by atoms with Crippen molar-refractivity contribution in [1.82, 2.24) is 19.9 Å². The van der Waals surface area contributed by atoms with Crippen LogP contribution in [-0.4, -0.2) is 19.9 Å². The molecular weight excluding hydrogens is 576 g/mol. The number of fused-ring (bicyclic) bond motifs is 9.